The molecule has 1 atom stereocenters. The lowest BCUT2D eigenvalue weighted by atomic mass is 9.98. The van der Waals surface area contributed by atoms with Crippen LogP contribution in [0, 0.1) is 17.6 Å². The predicted molar refractivity (Wildman–Crippen MR) is 93.9 cm³/mol. The molecule has 2 aromatic carbocycles. The number of carbonyl (C=O) groups is 2. The molecule has 0 saturated carbocycles. The number of para-hydroxylation sites is 1. The number of amides is 2. The van der Waals surface area contributed by atoms with Gasteiger partial charge in [-0.1, -0.05) is 18.2 Å². The molecule has 2 aliphatic rings. The van der Waals surface area contributed by atoms with E-state index in [9.17, 15) is 18.4 Å². The van der Waals surface area contributed by atoms with Gasteiger partial charge in [0.2, 0.25) is 11.8 Å². The maximum atomic E-state index is 14.3. The average molecular weight is 356 g/mol. The standard InChI is InChI=1S/C20H18F2N2O2/c21-15-9-13-5-4-8-23(19(13)17(22)11-15)20(26)14-10-18(25)24(12-14)16-6-2-1-3-7-16/h1-3,6-7,9,11,14H,4-5,8,10,12H2. The number of aryl methyl sites for hydroxylation is 1. The zero-order valence-electron chi connectivity index (χ0n) is 14.1. The number of carbonyl (C=O) groups excluding carboxylic acids is 2. The van der Waals surface area contributed by atoms with Crippen LogP contribution >= 0.6 is 0 Å². The summed E-state index contributed by atoms with van der Waals surface area (Å²) in [5.74, 6) is -2.29. The van der Waals surface area contributed by atoms with Gasteiger partial charge in [-0.05, 0) is 36.6 Å². The Hall–Kier alpha value is -2.76. The summed E-state index contributed by atoms with van der Waals surface area (Å²) >= 11 is 0. The Morgan fingerprint density at radius 1 is 1.12 bits per heavy atom. The minimum Gasteiger partial charge on any atom is -0.312 e. The van der Waals surface area contributed by atoms with E-state index in [0.29, 0.717) is 24.9 Å². The maximum absolute atomic E-state index is 14.3. The molecule has 0 spiro atoms. The third kappa shape index (κ3) is 2.85. The lowest BCUT2D eigenvalue weighted by molar-refractivity contribution is -0.124. The number of hydrogen-bond acceptors (Lipinski definition) is 2. The highest BCUT2D eigenvalue weighted by Gasteiger charge is 2.39. The van der Waals surface area contributed by atoms with Gasteiger partial charge < -0.3 is 9.80 Å². The Labute approximate surface area is 150 Å². The highest BCUT2D eigenvalue weighted by atomic mass is 19.1. The average Bonchev–Trinajstić information content (AvgIpc) is 3.03. The zero-order valence-corrected chi connectivity index (χ0v) is 14.1. The number of fused-ring (bicyclic) bond motifs is 1. The number of halogens is 2. The molecule has 6 heteroatoms. The normalized spacial score (nSPS) is 19.6. The first kappa shape index (κ1) is 16.7. The summed E-state index contributed by atoms with van der Waals surface area (Å²) in [7, 11) is 0. The third-order valence-corrected chi connectivity index (χ3v) is 5.01. The number of anilines is 2. The molecule has 26 heavy (non-hydrogen) atoms. The lowest BCUT2D eigenvalue weighted by Crippen LogP contribution is -2.41. The quantitative estimate of drug-likeness (QED) is 0.828. The second-order valence-electron chi connectivity index (χ2n) is 6.73. The zero-order chi connectivity index (χ0) is 18.3. The first-order valence-corrected chi connectivity index (χ1v) is 8.69. The molecule has 0 bridgehead atoms. The van der Waals surface area contributed by atoms with E-state index in [1.165, 1.54) is 11.0 Å². The fourth-order valence-electron chi connectivity index (χ4n) is 3.82. The van der Waals surface area contributed by atoms with Crippen molar-refractivity contribution < 1.29 is 18.4 Å². The summed E-state index contributed by atoms with van der Waals surface area (Å²) < 4.78 is 27.8. The van der Waals surface area contributed by atoms with Gasteiger partial charge in [0.1, 0.15) is 11.6 Å². The van der Waals surface area contributed by atoms with Gasteiger partial charge in [0, 0.05) is 31.3 Å². The van der Waals surface area contributed by atoms with E-state index in [2.05, 4.69) is 0 Å². The largest absolute Gasteiger partial charge is 0.312 e. The van der Waals surface area contributed by atoms with Crippen LogP contribution in [0.4, 0.5) is 20.2 Å². The minimum atomic E-state index is -0.725. The number of benzene rings is 2. The van der Waals surface area contributed by atoms with E-state index in [1.807, 2.05) is 30.3 Å². The van der Waals surface area contributed by atoms with Crippen LogP contribution in [-0.4, -0.2) is 24.9 Å². The molecule has 2 amide bonds. The molecule has 0 aliphatic carbocycles. The fraction of sp³-hybridized carbons (Fsp3) is 0.300. The molecule has 0 N–H and O–H groups in total. The molecule has 1 fully saturated rings. The molecule has 4 nitrogen and oxygen atoms in total. The van der Waals surface area contributed by atoms with Crippen LogP contribution in [-0.2, 0) is 16.0 Å². The molecular weight excluding hydrogens is 338 g/mol. The molecule has 134 valence electrons. The summed E-state index contributed by atoms with van der Waals surface area (Å²) in [6, 6.07) is 11.3. The summed E-state index contributed by atoms with van der Waals surface area (Å²) in [4.78, 5) is 28.4. The molecule has 2 aliphatic heterocycles. The highest BCUT2D eigenvalue weighted by molar-refractivity contribution is 6.04. The van der Waals surface area contributed by atoms with Gasteiger partial charge in [-0.15, -0.1) is 0 Å². The Morgan fingerprint density at radius 3 is 2.65 bits per heavy atom. The van der Waals surface area contributed by atoms with Crippen LogP contribution in [0.5, 0.6) is 0 Å². The SMILES string of the molecule is O=C1CC(C(=O)N2CCCc3cc(F)cc(F)c32)CN1c1ccccc1. The summed E-state index contributed by atoms with van der Waals surface area (Å²) in [5, 5.41) is 0. The van der Waals surface area contributed by atoms with Crippen LogP contribution in [0.3, 0.4) is 0 Å². The Morgan fingerprint density at radius 2 is 1.88 bits per heavy atom. The highest BCUT2D eigenvalue weighted by Crippen LogP contribution is 2.34. The van der Waals surface area contributed by atoms with Crippen molar-refractivity contribution in [2.24, 2.45) is 5.92 Å². The van der Waals surface area contributed by atoms with Crippen molar-refractivity contribution in [3.05, 3.63) is 59.7 Å². The summed E-state index contributed by atoms with van der Waals surface area (Å²) in [6.45, 7) is 0.654. The van der Waals surface area contributed by atoms with Crippen molar-refractivity contribution in [2.45, 2.75) is 19.3 Å². The number of nitrogens with zero attached hydrogens (tertiary/aromatic N) is 2. The second-order valence-corrected chi connectivity index (χ2v) is 6.73. The summed E-state index contributed by atoms with van der Waals surface area (Å²) in [5.41, 5.74) is 1.42. The van der Waals surface area contributed by atoms with E-state index < -0.39 is 17.6 Å². The van der Waals surface area contributed by atoms with E-state index in [1.54, 1.807) is 4.90 Å². The van der Waals surface area contributed by atoms with E-state index >= 15 is 0 Å². The van der Waals surface area contributed by atoms with E-state index in [4.69, 9.17) is 0 Å². The van der Waals surface area contributed by atoms with Crippen LogP contribution in [0.2, 0.25) is 0 Å². The molecule has 0 aromatic heterocycles. The third-order valence-electron chi connectivity index (χ3n) is 5.01. The fourth-order valence-corrected chi connectivity index (χ4v) is 3.82. The van der Waals surface area contributed by atoms with E-state index in [-0.39, 0.29) is 30.5 Å². The Bertz CT molecular complexity index is 870. The smallest absolute Gasteiger partial charge is 0.232 e. The van der Waals surface area contributed by atoms with E-state index in [0.717, 1.165) is 11.8 Å². The maximum Gasteiger partial charge on any atom is 0.232 e. The van der Waals surface area contributed by atoms with Gasteiger partial charge in [-0.2, -0.15) is 0 Å². The van der Waals surface area contributed by atoms with Crippen molar-refractivity contribution in [3.8, 4) is 0 Å². The van der Waals surface area contributed by atoms with Crippen molar-refractivity contribution >= 4 is 23.2 Å². The van der Waals surface area contributed by atoms with Gasteiger partial charge in [-0.25, -0.2) is 8.78 Å². The van der Waals surface area contributed by atoms with Crippen molar-refractivity contribution in [1.82, 2.24) is 0 Å². The first-order chi connectivity index (χ1) is 12.5. The second kappa shape index (κ2) is 6.52. The molecular formula is C20H18F2N2O2. The predicted octanol–water partition coefficient (Wildman–Crippen LogP) is 3.30. The molecule has 4 rings (SSSR count). The molecule has 1 saturated heterocycles. The van der Waals surface area contributed by atoms with Gasteiger partial charge in [-0.3, -0.25) is 9.59 Å². The van der Waals surface area contributed by atoms with Crippen LogP contribution in [0.15, 0.2) is 42.5 Å². The van der Waals surface area contributed by atoms with Crippen LogP contribution < -0.4 is 9.80 Å². The summed E-state index contributed by atoms with van der Waals surface area (Å²) in [6.07, 6.45) is 1.28. The lowest BCUT2D eigenvalue weighted by Gasteiger charge is -2.31. The molecule has 2 heterocycles. The van der Waals surface area contributed by atoms with Crippen LogP contribution in [0.25, 0.3) is 0 Å². The topological polar surface area (TPSA) is 40.6 Å². The van der Waals surface area contributed by atoms with Gasteiger partial charge in [0.25, 0.3) is 0 Å². The van der Waals surface area contributed by atoms with Crippen molar-refractivity contribution in [2.75, 3.05) is 22.9 Å². The van der Waals surface area contributed by atoms with Gasteiger partial charge >= 0.3 is 0 Å². The number of rotatable bonds is 2. The molecule has 2 aromatic rings. The Kier molecular flexibility index (Phi) is 4.18. The van der Waals surface area contributed by atoms with Crippen molar-refractivity contribution in [1.29, 1.82) is 0 Å². The van der Waals surface area contributed by atoms with Crippen molar-refractivity contribution in [3.63, 3.8) is 0 Å². The van der Waals surface area contributed by atoms with Gasteiger partial charge in [0.15, 0.2) is 0 Å². The molecule has 1 unspecified atom stereocenters. The number of hydrogen-bond donors (Lipinski definition) is 0. The monoisotopic (exact) mass is 356 g/mol. The van der Waals surface area contributed by atoms with Crippen LogP contribution in [0.1, 0.15) is 18.4 Å². The Balaban J connectivity index is 1.59. The minimum absolute atomic E-state index is 0.0996. The van der Waals surface area contributed by atoms with Gasteiger partial charge in [0.05, 0.1) is 11.6 Å². The first-order valence-electron chi connectivity index (χ1n) is 8.69. The molecule has 0 radical (unpaired) electrons.